The number of nitrogens with one attached hydrogen (secondary N) is 1. The Morgan fingerprint density at radius 1 is 0.867 bits per heavy atom. The van der Waals surface area contributed by atoms with Crippen molar-refractivity contribution in [2.24, 2.45) is 0 Å². The molecule has 0 aromatic heterocycles. The largest absolute Gasteiger partial charge is 0.481 e. The summed E-state index contributed by atoms with van der Waals surface area (Å²) in [5.41, 5.74) is 5.93. The molecular weight excluding hydrogens is 370 g/mol. The molecule has 154 valence electrons. The van der Waals surface area contributed by atoms with Crippen molar-refractivity contribution in [2.45, 2.75) is 51.7 Å². The summed E-state index contributed by atoms with van der Waals surface area (Å²) in [6, 6.07) is 24.4. The van der Waals surface area contributed by atoms with Crippen LogP contribution in [0.25, 0.3) is 0 Å². The molecule has 0 spiro atoms. The first-order valence-corrected chi connectivity index (χ1v) is 10.8. The minimum atomic E-state index is -0.574. The van der Waals surface area contributed by atoms with Gasteiger partial charge in [-0.25, -0.2) is 0 Å². The van der Waals surface area contributed by atoms with Crippen LogP contribution in [-0.4, -0.2) is 12.0 Å². The second-order valence-electron chi connectivity index (χ2n) is 8.12. The van der Waals surface area contributed by atoms with Crippen molar-refractivity contribution in [1.82, 2.24) is 5.32 Å². The Bertz CT molecular complexity index is 995. The first-order chi connectivity index (χ1) is 14.6. The van der Waals surface area contributed by atoms with Gasteiger partial charge in [0.1, 0.15) is 5.75 Å². The molecule has 0 saturated heterocycles. The molecule has 1 amide bonds. The molecule has 4 rings (SSSR count). The van der Waals surface area contributed by atoms with E-state index in [0.717, 1.165) is 29.7 Å². The van der Waals surface area contributed by atoms with Gasteiger partial charge in [-0.15, -0.1) is 0 Å². The van der Waals surface area contributed by atoms with Crippen LogP contribution in [0.2, 0.25) is 0 Å². The van der Waals surface area contributed by atoms with E-state index in [1.54, 1.807) is 0 Å². The van der Waals surface area contributed by atoms with Gasteiger partial charge in [0.15, 0.2) is 6.10 Å². The fourth-order valence-electron chi connectivity index (χ4n) is 4.12. The van der Waals surface area contributed by atoms with Gasteiger partial charge in [0.05, 0.1) is 6.04 Å². The van der Waals surface area contributed by atoms with Gasteiger partial charge in [0.25, 0.3) is 5.91 Å². The number of amides is 1. The Morgan fingerprint density at radius 2 is 1.57 bits per heavy atom. The number of hydrogen-bond donors (Lipinski definition) is 1. The SMILES string of the molecule is Cc1ccc([C@@H](NC(=O)[C@H](C)Oc2cccc3c2CCCC3)c2ccccc2)cc1. The zero-order chi connectivity index (χ0) is 20.9. The van der Waals surface area contributed by atoms with Crippen LogP contribution in [0.3, 0.4) is 0 Å². The van der Waals surface area contributed by atoms with Crippen LogP contribution in [0.5, 0.6) is 5.75 Å². The predicted octanol–water partition coefficient (Wildman–Crippen LogP) is 5.55. The average Bonchev–Trinajstić information content (AvgIpc) is 2.79. The molecule has 30 heavy (non-hydrogen) atoms. The first kappa shape index (κ1) is 20.2. The van der Waals surface area contributed by atoms with Crippen molar-refractivity contribution in [2.75, 3.05) is 0 Å². The molecule has 2 atom stereocenters. The van der Waals surface area contributed by atoms with E-state index in [4.69, 9.17) is 4.74 Å². The minimum absolute atomic E-state index is 0.113. The lowest BCUT2D eigenvalue weighted by molar-refractivity contribution is -0.127. The van der Waals surface area contributed by atoms with E-state index in [-0.39, 0.29) is 11.9 Å². The molecule has 0 bridgehead atoms. The number of rotatable bonds is 6. The zero-order valence-electron chi connectivity index (χ0n) is 17.7. The minimum Gasteiger partial charge on any atom is -0.481 e. The van der Waals surface area contributed by atoms with Crippen molar-refractivity contribution in [3.05, 3.63) is 101 Å². The molecule has 3 heteroatoms. The quantitative estimate of drug-likeness (QED) is 0.590. The molecule has 0 aliphatic heterocycles. The maximum atomic E-state index is 13.1. The maximum absolute atomic E-state index is 13.1. The van der Waals surface area contributed by atoms with Crippen LogP contribution < -0.4 is 10.1 Å². The number of carbonyl (C=O) groups is 1. The Hall–Kier alpha value is -3.07. The lowest BCUT2D eigenvalue weighted by atomic mass is 9.91. The van der Waals surface area contributed by atoms with Crippen LogP contribution in [0, 0.1) is 6.92 Å². The van der Waals surface area contributed by atoms with Crippen LogP contribution in [0.15, 0.2) is 72.8 Å². The Balaban J connectivity index is 1.53. The van der Waals surface area contributed by atoms with Gasteiger partial charge < -0.3 is 10.1 Å². The van der Waals surface area contributed by atoms with Gasteiger partial charge in [0, 0.05) is 0 Å². The molecule has 0 saturated carbocycles. The standard InChI is InChI=1S/C27H29NO2/c1-19-15-17-23(18-16-19)26(22-10-4-3-5-11-22)28-27(29)20(2)30-25-14-8-12-21-9-6-7-13-24(21)25/h3-5,8,10-12,14-18,20,26H,6-7,9,13H2,1-2H3,(H,28,29)/t20-,26-/m0/s1. The molecule has 0 radical (unpaired) electrons. The van der Waals surface area contributed by atoms with E-state index in [0.29, 0.717) is 0 Å². The second kappa shape index (κ2) is 9.17. The topological polar surface area (TPSA) is 38.3 Å². The monoisotopic (exact) mass is 399 g/mol. The summed E-state index contributed by atoms with van der Waals surface area (Å²) in [5.74, 6) is 0.735. The van der Waals surface area contributed by atoms with Crippen molar-refractivity contribution >= 4 is 5.91 Å². The van der Waals surface area contributed by atoms with Crippen LogP contribution in [0.1, 0.15) is 53.6 Å². The smallest absolute Gasteiger partial charge is 0.261 e. The molecule has 0 heterocycles. The number of benzene rings is 3. The van der Waals surface area contributed by atoms with E-state index in [1.165, 1.54) is 29.5 Å². The average molecular weight is 400 g/mol. The number of fused-ring (bicyclic) bond motifs is 1. The summed E-state index contributed by atoms with van der Waals surface area (Å²) >= 11 is 0. The van der Waals surface area contributed by atoms with Crippen molar-refractivity contribution < 1.29 is 9.53 Å². The van der Waals surface area contributed by atoms with Crippen LogP contribution >= 0.6 is 0 Å². The second-order valence-corrected chi connectivity index (χ2v) is 8.12. The fourth-order valence-corrected chi connectivity index (χ4v) is 4.12. The van der Waals surface area contributed by atoms with Gasteiger partial charge >= 0.3 is 0 Å². The highest BCUT2D eigenvalue weighted by atomic mass is 16.5. The van der Waals surface area contributed by atoms with Crippen molar-refractivity contribution in [3.8, 4) is 5.75 Å². The van der Waals surface area contributed by atoms with E-state index in [9.17, 15) is 4.79 Å². The van der Waals surface area contributed by atoms with Crippen molar-refractivity contribution in [1.29, 1.82) is 0 Å². The highest BCUT2D eigenvalue weighted by Crippen LogP contribution is 2.30. The lowest BCUT2D eigenvalue weighted by Crippen LogP contribution is -2.39. The summed E-state index contributed by atoms with van der Waals surface area (Å²) < 4.78 is 6.15. The van der Waals surface area contributed by atoms with Crippen molar-refractivity contribution in [3.63, 3.8) is 0 Å². The molecule has 0 unspecified atom stereocenters. The number of aryl methyl sites for hydroxylation is 2. The maximum Gasteiger partial charge on any atom is 0.261 e. The fraction of sp³-hybridized carbons (Fsp3) is 0.296. The third kappa shape index (κ3) is 4.56. The molecule has 3 aromatic carbocycles. The Kier molecular flexibility index (Phi) is 6.18. The number of carbonyl (C=O) groups excluding carboxylic acids is 1. The first-order valence-electron chi connectivity index (χ1n) is 10.8. The summed E-state index contributed by atoms with van der Waals surface area (Å²) in [7, 11) is 0. The van der Waals surface area contributed by atoms with E-state index in [1.807, 2.05) is 49.4 Å². The normalized spacial score (nSPS) is 15.0. The molecule has 0 fully saturated rings. The van der Waals surface area contributed by atoms with Crippen LogP contribution in [-0.2, 0) is 17.6 Å². The molecular formula is C27H29NO2. The summed E-state index contributed by atoms with van der Waals surface area (Å²) in [4.78, 5) is 13.1. The van der Waals surface area contributed by atoms with Gasteiger partial charge in [-0.3, -0.25) is 4.79 Å². The van der Waals surface area contributed by atoms with Gasteiger partial charge in [0.2, 0.25) is 0 Å². The summed E-state index contributed by atoms with van der Waals surface area (Å²) in [5, 5.41) is 3.21. The predicted molar refractivity (Wildman–Crippen MR) is 121 cm³/mol. The molecule has 3 nitrogen and oxygen atoms in total. The third-order valence-corrected chi connectivity index (χ3v) is 5.86. The number of hydrogen-bond acceptors (Lipinski definition) is 2. The van der Waals surface area contributed by atoms with E-state index < -0.39 is 6.10 Å². The number of ether oxygens (including phenoxy) is 1. The van der Waals surface area contributed by atoms with Gasteiger partial charge in [-0.1, -0.05) is 72.3 Å². The third-order valence-electron chi connectivity index (χ3n) is 5.86. The van der Waals surface area contributed by atoms with E-state index >= 15 is 0 Å². The lowest BCUT2D eigenvalue weighted by Gasteiger charge is -2.25. The molecule has 1 aliphatic carbocycles. The van der Waals surface area contributed by atoms with Crippen LogP contribution in [0.4, 0.5) is 0 Å². The highest BCUT2D eigenvalue weighted by Gasteiger charge is 2.23. The van der Waals surface area contributed by atoms with E-state index in [2.05, 4.69) is 42.6 Å². The summed E-state index contributed by atoms with van der Waals surface area (Å²) in [6.45, 7) is 3.89. The molecule has 1 aliphatic rings. The molecule has 3 aromatic rings. The Labute approximate surface area is 179 Å². The van der Waals surface area contributed by atoms with Gasteiger partial charge in [-0.2, -0.15) is 0 Å². The summed E-state index contributed by atoms with van der Waals surface area (Å²) in [6.07, 6.45) is 3.95. The Morgan fingerprint density at radius 3 is 2.33 bits per heavy atom. The molecule has 1 N–H and O–H groups in total. The van der Waals surface area contributed by atoms with Gasteiger partial charge in [-0.05, 0) is 67.9 Å². The highest BCUT2D eigenvalue weighted by molar-refractivity contribution is 5.81. The zero-order valence-corrected chi connectivity index (χ0v) is 17.7.